The van der Waals surface area contributed by atoms with Crippen molar-refractivity contribution in [2.75, 3.05) is 112 Å². The molecular formula is C101H114Cl2F2N10O16S8. The second-order valence-electron chi connectivity index (χ2n) is 33.9. The summed E-state index contributed by atoms with van der Waals surface area (Å²) in [7, 11) is -4.96. The molecule has 5 aromatic carbocycles. The summed E-state index contributed by atoms with van der Waals surface area (Å²) in [6, 6.07) is 45.8. The number of aromatic nitrogens is 5. The summed E-state index contributed by atoms with van der Waals surface area (Å²) >= 11 is 19.7. The van der Waals surface area contributed by atoms with E-state index in [1.54, 1.807) is 92.3 Å². The summed E-state index contributed by atoms with van der Waals surface area (Å²) in [6.45, 7) is 26.8. The highest BCUT2D eigenvalue weighted by molar-refractivity contribution is 7.89. The Morgan fingerprint density at radius 2 is 0.597 bits per heavy atom. The molecule has 17 rings (SSSR count). The van der Waals surface area contributed by atoms with Gasteiger partial charge in [-0.25, -0.2) is 48.2 Å². The molecule has 2 fully saturated rings. The molecule has 26 nitrogen and oxygen atoms in total. The quantitative estimate of drug-likeness (QED) is 0.0239. The van der Waals surface area contributed by atoms with E-state index < -0.39 is 41.7 Å². The van der Waals surface area contributed by atoms with Gasteiger partial charge < -0.3 is 56.3 Å². The van der Waals surface area contributed by atoms with E-state index in [-0.39, 0.29) is 40.0 Å². The van der Waals surface area contributed by atoms with Crippen LogP contribution in [0.4, 0.5) is 8.78 Å². The maximum absolute atomic E-state index is 14.4. The monoisotopic (exact) mass is 2090 g/mol. The lowest BCUT2D eigenvalue weighted by atomic mass is 10.1. The van der Waals surface area contributed by atoms with Crippen molar-refractivity contribution in [3.8, 4) is 28.7 Å². The number of fused-ring (bicyclic) bond motifs is 5. The fourth-order valence-corrected chi connectivity index (χ4v) is 24.6. The number of rotatable bonds is 38. The molecule has 0 atom stereocenters. The van der Waals surface area contributed by atoms with Crippen LogP contribution < -0.4 is 37.9 Å². The second-order valence-corrected chi connectivity index (χ2v) is 45.4. The maximum atomic E-state index is 14.4. The van der Waals surface area contributed by atoms with Crippen LogP contribution in [0.1, 0.15) is 163 Å². The summed E-state index contributed by atoms with van der Waals surface area (Å²) in [5.74, 6) is 0.827. The van der Waals surface area contributed by atoms with E-state index in [2.05, 4.69) is 78.8 Å². The van der Waals surface area contributed by atoms with E-state index in [1.807, 2.05) is 83.1 Å². The number of likely N-dealkylation sites (tertiary alicyclic amines) is 2. The number of sulfonamides is 3. The number of carbonyl (C=O) groups excluding carboxylic acids is 5. The number of ketones is 5. The minimum atomic E-state index is -3.21. The maximum Gasteiger partial charge on any atom is 0.208 e. The second kappa shape index (κ2) is 47.5. The molecule has 0 saturated carbocycles. The number of carbonyl (C=O) groups is 5. The summed E-state index contributed by atoms with van der Waals surface area (Å²) in [6.07, 6.45) is 10.6. The average molecular weight is 2090 g/mol. The minimum Gasteiger partial charge on any atom is -0.497 e. The van der Waals surface area contributed by atoms with Crippen molar-refractivity contribution >= 4 is 190 Å². The Labute approximate surface area is 838 Å². The van der Waals surface area contributed by atoms with Gasteiger partial charge in [-0.15, -0.1) is 56.7 Å². The van der Waals surface area contributed by atoms with Crippen molar-refractivity contribution in [1.82, 2.24) is 46.8 Å². The summed E-state index contributed by atoms with van der Waals surface area (Å²) in [5, 5.41) is 5.90. The number of hydrogen-bond donors (Lipinski definition) is 3. The number of halogens is 4. The molecule has 0 radical (unpaired) electrons. The smallest absolute Gasteiger partial charge is 0.208 e. The van der Waals surface area contributed by atoms with Gasteiger partial charge in [0.25, 0.3) is 0 Å². The van der Waals surface area contributed by atoms with Crippen LogP contribution in [0.2, 0.25) is 10.0 Å². The molecular weight excluding hydrogens is 1970 g/mol. The Morgan fingerprint density at radius 3 is 0.885 bits per heavy atom. The zero-order chi connectivity index (χ0) is 99.9. The van der Waals surface area contributed by atoms with Gasteiger partial charge in [-0.2, -0.15) is 0 Å². The molecule has 0 amide bonds. The van der Waals surface area contributed by atoms with Crippen LogP contribution in [-0.4, -0.2) is 199 Å². The number of hydrogen-bond acceptors (Lipinski definition) is 23. The summed E-state index contributed by atoms with van der Waals surface area (Å²) in [5.41, 5.74) is 7.32. The number of methoxy groups -OCH3 is 3. The number of benzene rings is 5. The Kier molecular flexibility index (Phi) is 36.3. The van der Waals surface area contributed by atoms with Crippen molar-refractivity contribution in [3.63, 3.8) is 0 Å². The molecule has 139 heavy (non-hydrogen) atoms. The molecule has 0 aliphatic carbocycles. The van der Waals surface area contributed by atoms with Crippen molar-refractivity contribution in [1.29, 1.82) is 0 Å². The molecule has 12 heterocycles. The lowest BCUT2D eigenvalue weighted by molar-refractivity contribution is 0.103. The first-order valence-corrected chi connectivity index (χ1v) is 56.0. The van der Waals surface area contributed by atoms with Gasteiger partial charge in [0.05, 0.1) is 98.9 Å². The van der Waals surface area contributed by atoms with Gasteiger partial charge in [0.15, 0.2) is 0 Å². The van der Waals surface area contributed by atoms with E-state index in [1.165, 1.54) is 145 Å². The molecule has 740 valence electrons. The van der Waals surface area contributed by atoms with E-state index in [0.29, 0.717) is 141 Å². The highest BCUT2D eigenvalue weighted by Crippen LogP contribution is 2.39. The van der Waals surface area contributed by atoms with E-state index in [4.69, 9.17) is 46.9 Å². The SMILES string of the molecule is CCOc1ccc(C(=O)c2cc3cc(C)n(CCCNS(C)(=O)=O)c3s2)c(F)c1.CCOc1ccc(C(=O)c2cc3cc(C)n(CCCNS(C)(=O)=O)c3s2)cc1.COc1ccc(C(=O)c2cc3cc(C)n(CCCNS(C)(=O)=O)c3s2)c(Cl)c1.COc1ccc(C(=O)c2cc3cc(C)n(CCN4CCCC4)c3s2)c(Cl)c1.COc1ccc(C(=O)c2cc3cc(C)n(CCN4CCCC4)c3s2)c(F)c1. The Bertz CT molecular complexity index is 7170. The Hall–Kier alpha value is -10.3. The average Bonchev–Trinajstić information content (AvgIpc) is 1.65. The zero-order valence-electron chi connectivity index (χ0n) is 79.7. The predicted molar refractivity (Wildman–Crippen MR) is 558 cm³/mol. The van der Waals surface area contributed by atoms with Crippen molar-refractivity contribution in [2.45, 2.75) is 126 Å². The van der Waals surface area contributed by atoms with Gasteiger partial charge in [0.2, 0.25) is 59.0 Å². The van der Waals surface area contributed by atoms with Crippen LogP contribution in [-0.2, 0) is 62.8 Å². The number of thiophene rings is 5. The van der Waals surface area contributed by atoms with Gasteiger partial charge in [0.1, 0.15) is 64.5 Å². The van der Waals surface area contributed by atoms with E-state index in [9.17, 15) is 58.0 Å². The number of aryl methyl sites for hydroxylation is 8. The molecule has 2 aliphatic heterocycles. The first-order valence-electron chi connectivity index (χ1n) is 45.5. The fraction of sp³-hybridized carbons (Fsp3) is 0.356. The highest BCUT2D eigenvalue weighted by Gasteiger charge is 2.27. The highest BCUT2D eigenvalue weighted by atomic mass is 35.5. The third kappa shape index (κ3) is 27.4. The lowest BCUT2D eigenvalue weighted by Gasteiger charge is -2.16. The standard InChI is InChI=1S/C21H23ClN2O2S.C21H23FN2O2S.C20H23FN2O4S2.C20H24N2O4S2.C19H21ClN2O4S2/c2*1-14-11-15-12-19(20(25)17-6-5-16(26-2)13-18(17)22)27-21(15)24(14)10-9-23-7-3-4-8-23;1-4-27-15-6-7-16(17(21)12-15)19(24)18-11-14-10-13(2)23(20(14)28-18)9-5-8-22-29(3,25)26;1-4-26-17-8-6-15(7-9-17)19(23)18-13-16-12-14(2)22(20(16)27-18)11-5-10-21-28(3,24)25;1-12-9-13-10-17(18(23)15-6-5-14(26-2)11-16(15)20)27-19(13)22(12)8-4-7-21-28(3,24)25/h2*5-6,11-13H,3-4,7-10H2,1-2H3;6-7,10-12,22H,4-5,8-9H2,1-3H3;6-9,12-13,21H,4-5,10-11H2,1-3H3;5-6,9-11,21H,4,7-8H2,1-3H3. The van der Waals surface area contributed by atoms with Gasteiger partial charge >= 0.3 is 0 Å². The van der Waals surface area contributed by atoms with Gasteiger partial charge in [-0.05, 0) is 265 Å². The van der Waals surface area contributed by atoms with Crippen molar-refractivity contribution in [2.24, 2.45) is 0 Å². The van der Waals surface area contributed by atoms with Crippen LogP contribution >= 0.6 is 79.9 Å². The normalized spacial score (nSPS) is 13.0. The third-order valence-electron chi connectivity index (χ3n) is 23.6. The minimum absolute atomic E-state index is 0.00723. The topological polar surface area (TPSA) is 301 Å². The number of ether oxygens (including phenoxy) is 5. The largest absolute Gasteiger partial charge is 0.497 e. The first-order chi connectivity index (χ1) is 66.3. The number of nitrogens with zero attached hydrogens (tertiary/aromatic N) is 7. The van der Waals surface area contributed by atoms with Gasteiger partial charge in [0, 0.05) is 150 Å². The fourth-order valence-electron chi connectivity index (χ4n) is 16.7. The molecule has 0 spiro atoms. The van der Waals surface area contributed by atoms with Crippen LogP contribution in [0.5, 0.6) is 28.7 Å². The van der Waals surface area contributed by atoms with Crippen LogP contribution in [0.25, 0.3) is 51.1 Å². The van der Waals surface area contributed by atoms with Crippen molar-refractivity contribution < 1.29 is 81.7 Å². The third-order valence-corrected chi connectivity index (χ3v) is 32.3. The molecule has 0 unspecified atom stereocenters. The molecule has 2 aliphatic rings. The summed E-state index contributed by atoms with van der Waals surface area (Å²) in [4.78, 5) is 77.6. The molecule has 0 bridgehead atoms. The molecule has 15 aromatic rings. The van der Waals surface area contributed by atoms with Gasteiger partial charge in [-0.1, -0.05) is 23.2 Å². The molecule has 2 saturated heterocycles. The van der Waals surface area contributed by atoms with Crippen LogP contribution in [0, 0.1) is 46.3 Å². The molecule has 3 N–H and O–H groups in total. The molecule has 38 heteroatoms. The van der Waals surface area contributed by atoms with Crippen LogP contribution in [0.15, 0.2) is 158 Å². The predicted octanol–water partition coefficient (Wildman–Crippen LogP) is 20.6. The van der Waals surface area contributed by atoms with E-state index >= 15 is 0 Å². The Balaban J connectivity index is 0.000000146. The molecule has 10 aromatic heterocycles. The zero-order valence-corrected chi connectivity index (χ0v) is 87.8. The van der Waals surface area contributed by atoms with Crippen molar-refractivity contribution in [3.05, 3.63) is 260 Å². The van der Waals surface area contributed by atoms with E-state index in [0.717, 1.165) is 119 Å². The Morgan fingerprint density at radius 1 is 0.338 bits per heavy atom. The summed E-state index contributed by atoms with van der Waals surface area (Å²) < 4.78 is 140. The first kappa shape index (κ1) is 106. The lowest BCUT2D eigenvalue weighted by Crippen LogP contribution is -2.24. The van der Waals surface area contributed by atoms with Crippen LogP contribution in [0.3, 0.4) is 0 Å². The van der Waals surface area contributed by atoms with Gasteiger partial charge in [-0.3, -0.25) is 24.0 Å². The number of nitrogens with one attached hydrogen (secondary N) is 3.